The number of aromatic nitrogens is 6. The van der Waals surface area contributed by atoms with Gasteiger partial charge in [0.1, 0.15) is 23.8 Å². The Morgan fingerprint density at radius 2 is 2.03 bits per heavy atom. The maximum atomic E-state index is 13.1. The fraction of sp³-hybridized carbons (Fsp3) is 0.333. The summed E-state index contributed by atoms with van der Waals surface area (Å²) >= 11 is 0. The van der Waals surface area contributed by atoms with Gasteiger partial charge in [-0.15, -0.1) is 10.2 Å². The lowest BCUT2D eigenvalue weighted by molar-refractivity contribution is 0.101. The monoisotopic (exact) mass is 462 g/mol. The van der Waals surface area contributed by atoms with Crippen LogP contribution in [-0.2, 0) is 25.9 Å². The highest BCUT2D eigenvalue weighted by atomic mass is 16.5. The number of carbonyl (C=O) groups excluding carboxylic acids is 1. The molecule has 0 saturated carbocycles. The van der Waals surface area contributed by atoms with Gasteiger partial charge in [0.25, 0.3) is 5.56 Å². The molecule has 0 spiro atoms. The standard InChI is InChI=1S/C24H26N6O4/c1-4-5-19-20(8-7-18(15(3)31)23(19)32)34-13-17-12-30-22(10-14(17)2)25-11-16(24(30)33)6-9-21-26-28-29-27-21/h7-8,10-12,32H,4-6,9,13H2,1-3H3,(H,26,27,28,29). The molecule has 3 aromatic heterocycles. The number of benzene rings is 1. The van der Waals surface area contributed by atoms with E-state index in [-0.39, 0.29) is 29.3 Å². The van der Waals surface area contributed by atoms with Crippen molar-refractivity contribution in [3.63, 3.8) is 0 Å². The molecule has 0 aliphatic carbocycles. The Balaban J connectivity index is 1.61. The van der Waals surface area contributed by atoms with Crippen LogP contribution >= 0.6 is 0 Å². The number of aromatic hydroxyl groups is 1. The molecule has 0 atom stereocenters. The number of phenols is 1. The molecule has 0 radical (unpaired) electrons. The number of nitrogens with one attached hydrogen (secondary N) is 1. The number of fused-ring (bicyclic) bond motifs is 1. The summed E-state index contributed by atoms with van der Waals surface area (Å²) in [4.78, 5) is 29.3. The fourth-order valence-electron chi connectivity index (χ4n) is 3.84. The number of aryl methyl sites for hydroxylation is 3. The lowest BCUT2D eigenvalue weighted by atomic mass is 10.0. The summed E-state index contributed by atoms with van der Waals surface area (Å²) < 4.78 is 7.57. The van der Waals surface area contributed by atoms with Crippen LogP contribution in [0.15, 0.2) is 35.4 Å². The molecule has 0 amide bonds. The molecule has 176 valence electrons. The molecule has 0 aliphatic rings. The first-order valence-electron chi connectivity index (χ1n) is 11.1. The van der Waals surface area contributed by atoms with Crippen molar-refractivity contribution in [3.05, 3.63) is 74.6 Å². The highest BCUT2D eigenvalue weighted by molar-refractivity contribution is 5.97. The van der Waals surface area contributed by atoms with Crippen LogP contribution in [0.3, 0.4) is 0 Å². The molecular weight excluding hydrogens is 436 g/mol. The van der Waals surface area contributed by atoms with Crippen molar-refractivity contribution in [2.75, 3.05) is 0 Å². The largest absolute Gasteiger partial charge is 0.507 e. The van der Waals surface area contributed by atoms with E-state index in [0.717, 1.165) is 17.5 Å². The van der Waals surface area contributed by atoms with E-state index in [1.807, 2.05) is 19.9 Å². The van der Waals surface area contributed by atoms with Crippen LogP contribution < -0.4 is 10.3 Å². The van der Waals surface area contributed by atoms with Crippen LogP contribution in [0.2, 0.25) is 0 Å². The number of carbonyl (C=O) groups is 1. The third kappa shape index (κ3) is 4.66. The Labute approximate surface area is 195 Å². The number of hydrogen-bond donors (Lipinski definition) is 2. The summed E-state index contributed by atoms with van der Waals surface area (Å²) in [5.74, 6) is 0.815. The van der Waals surface area contributed by atoms with Gasteiger partial charge in [-0.2, -0.15) is 5.21 Å². The predicted octanol–water partition coefficient (Wildman–Crippen LogP) is 2.74. The number of pyridine rings is 1. The van der Waals surface area contributed by atoms with Crippen molar-refractivity contribution in [1.29, 1.82) is 0 Å². The van der Waals surface area contributed by atoms with Crippen LogP contribution in [0, 0.1) is 6.92 Å². The molecule has 10 nitrogen and oxygen atoms in total. The van der Waals surface area contributed by atoms with Crippen molar-refractivity contribution in [3.8, 4) is 11.5 Å². The van der Waals surface area contributed by atoms with E-state index < -0.39 is 0 Å². The number of rotatable bonds is 9. The predicted molar refractivity (Wildman–Crippen MR) is 124 cm³/mol. The topological polar surface area (TPSA) is 135 Å². The highest BCUT2D eigenvalue weighted by Crippen LogP contribution is 2.33. The number of aromatic amines is 1. The smallest absolute Gasteiger partial charge is 0.261 e. The summed E-state index contributed by atoms with van der Waals surface area (Å²) in [6.45, 7) is 5.54. The molecule has 4 aromatic rings. The van der Waals surface area contributed by atoms with Crippen molar-refractivity contribution < 1.29 is 14.6 Å². The Hall–Kier alpha value is -4.08. The van der Waals surface area contributed by atoms with Gasteiger partial charge in [-0.25, -0.2) is 4.98 Å². The molecular formula is C24H26N6O4. The zero-order chi connectivity index (χ0) is 24.2. The van der Waals surface area contributed by atoms with Crippen molar-refractivity contribution in [2.24, 2.45) is 0 Å². The number of tetrazole rings is 1. The Morgan fingerprint density at radius 3 is 2.74 bits per heavy atom. The lowest BCUT2D eigenvalue weighted by Gasteiger charge is -2.16. The quantitative estimate of drug-likeness (QED) is 0.363. The van der Waals surface area contributed by atoms with E-state index in [0.29, 0.717) is 47.6 Å². The number of phenolic OH excluding ortho intramolecular Hbond substituents is 1. The highest BCUT2D eigenvalue weighted by Gasteiger charge is 2.17. The molecule has 3 heterocycles. The summed E-state index contributed by atoms with van der Waals surface area (Å²) in [5.41, 5.74) is 3.56. The summed E-state index contributed by atoms with van der Waals surface area (Å²) in [7, 11) is 0. The fourth-order valence-corrected chi connectivity index (χ4v) is 3.84. The summed E-state index contributed by atoms with van der Waals surface area (Å²) in [5, 5.41) is 24.3. The minimum absolute atomic E-state index is 0.0336. The third-order valence-corrected chi connectivity index (χ3v) is 5.74. The van der Waals surface area contributed by atoms with E-state index in [9.17, 15) is 14.7 Å². The molecule has 0 aliphatic heterocycles. The summed E-state index contributed by atoms with van der Waals surface area (Å²) in [6, 6.07) is 5.12. The maximum Gasteiger partial charge on any atom is 0.261 e. The molecule has 1 aromatic carbocycles. The van der Waals surface area contributed by atoms with E-state index in [4.69, 9.17) is 4.74 Å². The maximum absolute atomic E-state index is 13.1. The molecule has 0 bridgehead atoms. The number of ketones is 1. The van der Waals surface area contributed by atoms with Gasteiger partial charge in [0.05, 0.1) is 5.56 Å². The second-order valence-electron chi connectivity index (χ2n) is 8.16. The van der Waals surface area contributed by atoms with E-state index >= 15 is 0 Å². The molecule has 0 unspecified atom stereocenters. The van der Waals surface area contributed by atoms with Gasteiger partial charge in [0.15, 0.2) is 11.6 Å². The normalized spacial score (nSPS) is 11.1. The first-order chi connectivity index (χ1) is 16.4. The van der Waals surface area contributed by atoms with Crippen LogP contribution in [-0.4, -0.2) is 40.9 Å². The molecule has 0 fully saturated rings. The van der Waals surface area contributed by atoms with Crippen LogP contribution in [0.1, 0.15) is 58.7 Å². The van der Waals surface area contributed by atoms with Crippen LogP contribution in [0.5, 0.6) is 11.5 Å². The minimum Gasteiger partial charge on any atom is -0.507 e. The number of hydrogen-bond acceptors (Lipinski definition) is 8. The van der Waals surface area contributed by atoms with E-state index in [2.05, 4.69) is 25.6 Å². The van der Waals surface area contributed by atoms with Gasteiger partial charge in [0.2, 0.25) is 0 Å². The molecule has 2 N–H and O–H groups in total. The second-order valence-corrected chi connectivity index (χ2v) is 8.16. The number of Topliss-reactive ketones (excluding diaryl/α,β-unsaturated/α-hetero) is 1. The SMILES string of the molecule is CCCc1c(OCc2cn3c(=O)c(CCc4nn[nH]n4)cnc3cc2C)ccc(C(C)=O)c1O. The van der Waals surface area contributed by atoms with E-state index in [1.165, 1.54) is 11.3 Å². The molecule has 0 saturated heterocycles. The average molecular weight is 463 g/mol. The Kier molecular flexibility index (Phi) is 6.67. The van der Waals surface area contributed by atoms with Gasteiger partial charge in [-0.3, -0.25) is 14.0 Å². The lowest BCUT2D eigenvalue weighted by Crippen LogP contribution is -2.21. The average Bonchev–Trinajstić information content (AvgIpc) is 3.33. The molecule has 4 rings (SSSR count). The minimum atomic E-state index is -0.200. The van der Waals surface area contributed by atoms with Gasteiger partial charge >= 0.3 is 0 Å². The van der Waals surface area contributed by atoms with Gasteiger partial charge in [-0.1, -0.05) is 18.6 Å². The van der Waals surface area contributed by atoms with Gasteiger partial charge in [0, 0.05) is 35.5 Å². The van der Waals surface area contributed by atoms with Gasteiger partial charge < -0.3 is 9.84 Å². The van der Waals surface area contributed by atoms with Crippen molar-refractivity contribution in [1.82, 2.24) is 30.0 Å². The summed E-state index contributed by atoms with van der Waals surface area (Å²) in [6.07, 6.45) is 5.60. The zero-order valence-corrected chi connectivity index (χ0v) is 19.3. The second kappa shape index (κ2) is 9.82. The van der Waals surface area contributed by atoms with Crippen molar-refractivity contribution in [2.45, 2.75) is 53.1 Å². The third-order valence-electron chi connectivity index (χ3n) is 5.74. The molecule has 10 heteroatoms. The van der Waals surface area contributed by atoms with Crippen LogP contribution in [0.25, 0.3) is 5.65 Å². The van der Waals surface area contributed by atoms with E-state index in [1.54, 1.807) is 24.5 Å². The number of H-pyrrole nitrogens is 1. The Morgan fingerprint density at radius 1 is 1.21 bits per heavy atom. The Bertz CT molecular complexity index is 1400. The van der Waals surface area contributed by atoms with Crippen molar-refractivity contribution >= 4 is 11.4 Å². The van der Waals surface area contributed by atoms with Gasteiger partial charge in [-0.05, 0) is 50.5 Å². The number of ether oxygens (including phenoxy) is 1. The zero-order valence-electron chi connectivity index (χ0n) is 19.3. The van der Waals surface area contributed by atoms with Crippen LogP contribution in [0.4, 0.5) is 0 Å². The molecule has 34 heavy (non-hydrogen) atoms. The first kappa shape index (κ1) is 23.1. The number of nitrogens with zero attached hydrogens (tertiary/aromatic N) is 5. The first-order valence-corrected chi connectivity index (χ1v) is 11.1.